The summed E-state index contributed by atoms with van der Waals surface area (Å²) in [4.78, 5) is 25.4. The van der Waals surface area contributed by atoms with Gasteiger partial charge < -0.3 is 4.98 Å². The number of rotatable bonds is 3. The molecule has 0 spiro atoms. The number of aldehydes is 1. The summed E-state index contributed by atoms with van der Waals surface area (Å²) in [6, 6.07) is 13.1. The fourth-order valence-corrected chi connectivity index (χ4v) is 2.36. The summed E-state index contributed by atoms with van der Waals surface area (Å²) in [7, 11) is 0. The van der Waals surface area contributed by atoms with Crippen molar-refractivity contribution in [3.63, 3.8) is 0 Å². The topological polar surface area (TPSA) is 49.9 Å². The average Bonchev–Trinajstić information content (AvgIpc) is 2.90. The van der Waals surface area contributed by atoms with E-state index in [4.69, 9.17) is 0 Å². The van der Waals surface area contributed by atoms with Gasteiger partial charge in [0.2, 0.25) is 0 Å². The fourth-order valence-electron chi connectivity index (χ4n) is 2.36. The van der Waals surface area contributed by atoms with Gasteiger partial charge in [-0.25, -0.2) is 0 Å². The second kappa shape index (κ2) is 4.78. The Bertz CT molecular complexity index is 815. The molecule has 0 aliphatic heterocycles. The van der Waals surface area contributed by atoms with E-state index in [0.717, 1.165) is 28.3 Å². The molecule has 0 fully saturated rings. The minimum absolute atomic E-state index is 0.0509. The van der Waals surface area contributed by atoms with Crippen LogP contribution in [0.4, 0.5) is 0 Å². The van der Waals surface area contributed by atoms with Gasteiger partial charge in [0.25, 0.3) is 0 Å². The van der Waals surface area contributed by atoms with E-state index in [1.165, 1.54) is 0 Å². The number of fused-ring (bicyclic) bond motifs is 1. The molecule has 0 unspecified atom stereocenters. The third-order valence-corrected chi connectivity index (χ3v) is 3.42. The molecule has 3 heteroatoms. The highest BCUT2D eigenvalue weighted by Gasteiger charge is 2.08. The third-order valence-electron chi connectivity index (χ3n) is 3.42. The molecule has 0 atom stereocenters. The van der Waals surface area contributed by atoms with Crippen LogP contribution in [0.25, 0.3) is 22.0 Å². The standard InChI is InChI=1S/C17H13NO2/c1-11(20)13-3-2-4-14(8-13)16-9-18-17-7-12(10-19)5-6-15(16)17/h2-10,18H,1H3. The van der Waals surface area contributed by atoms with Gasteiger partial charge in [0.1, 0.15) is 6.29 Å². The predicted molar refractivity (Wildman–Crippen MR) is 79.1 cm³/mol. The molecule has 20 heavy (non-hydrogen) atoms. The zero-order chi connectivity index (χ0) is 14.1. The van der Waals surface area contributed by atoms with Crippen molar-refractivity contribution in [2.75, 3.05) is 0 Å². The molecule has 0 saturated heterocycles. The van der Waals surface area contributed by atoms with Gasteiger partial charge >= 0.3 is 0 Å². The molecular formula is C17H13NO2. The maximum Gasteiger partial charge on any atom is 0.159 e. The van der Waals surface area contributed by atoms with Gasteiger partial charge in [0, 0.05) is 33.8 Å². The lowest BCUT2D eigenvalue weighted by Crippen LogP contribution is -1.91. The van der Waals surface area contributed by atoms with E-state index in [2.05, 4.69) is 4.98 Å². The summed E-state index contributed by atoms with van der Waals surface area (Å²) in [6.07, 6.45) is 2.73. The van der Waals surface area contributed by atoms with E-state index in [1.807, 2.05) is 42.6 Å². The maximum atomic E-state index is 11.5. The Morgan fingerprint density at radius 3 is 2.75 bits per heavy atom. The number of hydrogen-bond acceptors (Lipinski definition) is 2. The van der Waals surface area contributed by atoms with Gasteiger partial charge in [-0.2, -0.15) is 0 Å². The third kappa shape index (κ3) is 2.03. The zero-order valence-corrected chi connectivity index (χ0v) is 11.0. The molecule has 3 aromatic rings. The molecule has 0 bridgehead atoms. The summed E-state index contributed by atoms with van der Waals surface area (Å²) < 4.78 is 0. The first-order valence-electron chi connectivity index (χ1n) is 6.37. The minimum Gasteiger partial charge on any atom is -0.361 e. The SMILES string of the molecule is CC(=O)c1cccc(-c2c[nH]c3cc(C=O)ccc23)c1. The molecule has 3 nitrogen and oxygen atoms in total. The molecule has 0 radical (unpaired) electrons. The van der Waals surface area contributed by atoms with Crippen molar-refractivity contribution in [1.82, 2.24) is 4.98 Å². The van der Waals surface area contributed by atoms with Gasteiger partial charge in [0.15, 0.2) is 5.78 Å². The van der Waals surface area contributed by atoms with Gasteiger partial charge in [-0.05, 0) is 24.6 Å². The lowest BCUT2D eigenvalue weighted by molar-refractivity contribution is 0.101. The first-order valence-corrected chi connectivity index (χ1v) is 6.37. The van der Waals surface area contributed by atoms with Gasteiger partial charge in [0.05, 0.1) is 0 Å². The Hall–Kier alpha value is -2.68. The molecule has 2 aromatic carbocycles. The van der Waals surface area contributed by atoms with E-state index in [-0.39, 0.29) is 5.78 Å². The minimum atomic E-state index is 0.0509. The normalized spacial score (nSPS) is 10.7. The highest BCUT2D eigenvalue weighted by Crippen LogP contribution is 2.29. The van der Waals surface area contributed by atoms with Crippen LogP contribution in [-0.4, -0.2) is 17.1 Å². The van der Waals surface area contributed by atoms with E-state index < -0.39 is 0 Å². The summed E-state index contributed by atoms with van der Waals surface area (Å²) >= 11 is 0. The second-order valence-corrected chi connectivity index (χ2v) is 4.76. The van der Waals surface area contributed by atoms with E-state index >= 15 is 0 Å². The Balaban J connectivity index is 2.17. The molecule has 1 heterocycles. The van der Waals surface area contributed by atoms with E-state index in [1.54, 1.807) is 13.0 Å². The first kappa shape index (κ1) is 12.4. The van der Waals surface area contributed by atoms with E-state index in [0.29, 0.717) is 11.1 Å². The molecule has 0 saturated carbocycles. The van der Waals surface area contributed by atoms with Gasteiger partial charge in [-0.1, -0.05) is 30.3 Å². The number of carbonyl (C=O) groups excluding carboxylic acids is 2. The maximum absolute atomic E-state index is 11.5. The summed E-state index contributed by atoms with van der Waals surface area (Å²) in [5, 5.41) is 1.04. The Kier molecular flexibility index (Phi) is 2.95. The van der Waals surface area contributed by atoms with Crippen LogP contribution >= 0.6 is 0 Å². The van der Waals surface area contributed by atoms with Crippen LogP contribution in [0.1, 0.15) is 27.6 Å². The predicted octanol–water partition coefficient (Wildman–Crippen LogP) is 3.85. The molecule has 3 rings (SSSR count). The summed E-state index contributed by atoms with van der Waals surface area (Å²) in [5.41, 5.74) is 4.27. The number of carbonyl (C=O) groups is 2. The summed E-state index contributed by atoms with van der Waals surface area (Å²) in [5.74, 6) is 0.0509. The Labute approximate surface area is 116 Å². The van der Waals surface area contributed by atoms with Crippen LogP contribution in [0.15, 0.2) is 48.7 Å². The van der Waals surface area contributed by atoms with Crippen molar-refractivity contribution >= 4 is 23.0 Å². The van der Waals surface area contributed by atoms with Crippen LogP contribution in [0, 0.1) is 0 Å². The molecule has 0 amide bonds. The molecule has 98 valence electrons. The van der Waals surface area contributed by atoms with Crippen LogP contribution < -0.4 is 0 Å². The number of ketones is 1. The average molecular weight is 263 g/mol. The number of hydrogen-bond donors (Lipinski definition) is 1. The number of aromatic amines is 1. The lowest BCUT2D eigenvalue weighted by Gasteiger charge is -2.02. The van der Waals surface area contributed by atoms with Crippen molar-refractivity contribution in [1.29, 1.82) is 0 Å². The molecule has 1 aromatic heterocycles. The van der Waals surface area contributed by atoms with Crippen LogP contribution in [0.5, 0.6) is 0 Å². The van der Waals surface area contributed by atoms with Crippen molar-refractivity contribution in [2.24, 2.45) is 0 Å². The lowest BCUT2D eigenvalue weighted by atomic mass is 10.0. The van der Waals surface area contributed by atoms with Gasteiger partial charge in [-0.3, -0.25) is 9.59 Å². The number of H-pyrrole nitrogens is 1. The van der Waals surface area contributed by atoms with E-state index in [9.17, 15) is 9.59 Å². The first-order chi connectivity index (χ1) is 9.69. The largest absolute Gasteiger partial charge is 0.361 e. The van der Waals surface area contributed by atoms with Crippen molar-refractivity contribution in [3.8, 4) is 11.1 Å². The monoisotopic (exact) mass is 263 g/mol. The Morgan fingerprint density at radius 1 is 1.15 bits per heavy atom. The molecule has 1 N–H and O–H groups in total. The summed E-state index contributed by atoms with van der Waals surface area (Å²) in [6.45, 7) is 1.56. The van der Waals surface area contributed by atoms with Crippen molar-refractivity contribution < 1.29 is 9.59 Å². The Morgan fingerprint density at radius 2 is 2.00 bits per heavy atom. The number of benzene rings is 2. The quantitative estimate of drug-likeness (QED) is 0.576. The van der Waals surface area contributed by atoms with Crippen LogP contribution in [0.3, 0.4) is 0 Å². The molecule has 0 aliphatic rings. The number of Topliss-reactive ketones (excluding diaryl/α,β-unsaturated/α-hetero) is 1. The van der Waals surface area contributed by atoms with Crippen molar-refractivity contribution in [2.45, 2.75) is 6.92 Å². The molecular weight excluding hydrogens is 250 g/mol. The number of nitrogens with one attached hydrogen (secondary N) is 1. The second-order valence-electron chi connectivity index (χ2n) is 4.76. The fraction of sp³-hybridized carbons (Fsp3) is 0.0588. The van der Waals surface area contributed by atoms with Crippen molar-refractivity contribution in [3.05, 3.63) is 59.8 Å². The van der Waals surface area contributed by atoms with Crippen LogP contribution in [0.2, 0.25) is 0 Å². The van der Waals surface area contributed by atoms with Gasteiger partial charge in [-0.15, -0.1) is 0 Å². The smallest absolute Gasteiger partial charge is 0.159 e. The molecule has 0 aliphatic carbocycles. The highest BCUT2D eigenvalue weighted by atomic mass is 16.1. The zero-order valence-electron chi connectivity index (χ0n) is 11.0. The highest BCUT2D eigenvalue weighted by molar-refractivity contribution is 6.00. The van der Waals surface area contributed by atoms with Crippen LogP contribution in [-0.2, 0) is 0 Å². The number of aromatic nitrogens is 1.